The van der Waals surface area contributed by atoms with Gasteiger partial charge in [-0.1, -0.05) is 0 Å². The first-order valence-corrected chi connectivity index (χ1v) is 12.6. The minimum atomic E-state index is -3.85. The zero-order valence-electron chi connectivity index (χ0n) is 16.7. The highest BCUT2D eigenvalue weighted by Crippen LogP contribution is 2.31. The first-order valence-electron chi connectivity index (χ1n) is 9.59. The molecule has 1 atom stereocenters. The molecule has 29 heavy (non-hydrogen) atoms. The van der Waals surface area contributed by atoms with Gasteiger partial charge in [-0.05, 0) is 31.4 Å². The number of benzene rings is 1. The van der Waals surface area contributed by atoms with Crippen LogP contribution in [-0.2, 0) is 24.8 Å². The second-order valence-corrected chi connectivity index (χ2v) is 11.0. The molecular formula is C18H28N2O7S2. The Kier molecular flexibility index (Phi) is 7.05. The van der Waals surface area contributed by atoms with Gasteiger partial charge in [-0.2, -0.15) is 8.61 Å². The summed E-state index contributed by atoms with van der Waals surface area (Å²) in [5.41, 5.74) is 0. The first-order chi connectivity index (χ1) is 13.8. The third-order valence-electron chi connectivity index (χ3n) is 5.25. The van der Waals surface area contributed by atoms with Crippen molar-refractivity contribution in [2.45, 2.75) is 30.3 Å². The molecule has 2 fully saturated rings. The van der Waals surface area contributed by atoms with Crippen molar-refractivity contribution < 1.29 is 31.0 Å². The van der Waals surface area contributed by atoms with Crippen molar-refractivity contribution in [1.29, 1.82) is 0 Å². The topological polar surface area (TPSA) is 102 Å². The summed E-state index contributed by atoms with van der Waals surface area (Å²) in [5, 5.41) is 0. The van der Waals surface area contributed by atoms with E-state index in [1.165, 1.54) is 35.0 Å². The molecule has 0 N–H and O–H groups in total. The van der Waals surface area contributed by atoms with Crippen LogP contribution in [0.15, 0.2) is 23.1 Å². The average molecular weight is 449 g/mol. The Hall–Kier alpha value is -1.40. The van der Waals surface area contributed by atoms with E-state index in [2.05, 4.69) is 0 Å². The minimum Gasteiger partial charge on any atom is -0.497 e. The van der Waals surface area contributed by atoms with Gasteiger partial charge in [0.2, 0.25) is 20.0 Å². The SMILES string of the molecule is COc1ccc(OC)c(S(=O)(=O)N2CCN(S(=O)(=O)CC3CCCCO3)CC2)c1. The predicted molar refractivity (Wildman–Crippen MR) is 107 cm³/mol. The predicted octanol–water partition coefficient (Wildman–Crippen LogP) is 0.909. The molecule has 0 spiro atoms. The van der Waals surface area contributed by atoms with Crippen LogP contribution in [0.5, 0.6) is 11.5 Å². The normalized spacial score (nSPS) is 22.3. The molecule has 3 rings (SSSR count). The van der Waals surface area contributed by atoms with E-state index in [-0.39, 0.29) is 48.7 Å². The van der Waals surface area contributed by atoms with E-state index >= 15 is 0 Å². The summed E-state index contributed by atoms with van der Waals surface area (Å²) in [5.74, 6) is 0.567. The van der Waals surface area contributed by atoms with Crippen LogP contribution in [0.1, 0.15) is 19.3 Å². The van der Waals surface area contributed by atoms with E-state index in [9.17, 15) is 16.8 Å². The summed E-state index contributed by atoms with van der Waals surface area (Å²) in [6.07, 6.45) is 2.38. The maximum Gasteiger partial charge on any atom is 0.246 e. The average Bonchev–Trinajstić information content (AvgIpc) is 2.73. The number of nitrogens with zero attached hydrogens (tertiary/aromatic N) is 2. The fourth-order valence-corrected chi connectivity index (χ4v) is 6.85. The van der Waals surface area contributed by atoms with Gasteiger partial charge in [-0.3, -0.25) is 0 Å². The third-order valence-corrected chi connectivity index (χ3v) is 9.11. The van der Waals surface area contributed by atoms with Gasteiger partial charge in [0.1, 0.15) is 16.4 Å². The lowest BCUT2D eigenvalue weighted by Crippen LogP contribution is -2.51. The molecule has 1 aromatic carbocycles. The second kappa shape index (κ2) is 9.17. The van der Waals surface area contributed by atoms with Crippen molar-refractivity contribution in [2.75, 3.05) is 52.8 Å². The number of sulfonamides is 2. The van der Waals surface area contributed by atoms with Crippen LogP contribution in [0.2, 0.25) is 0 Å². The number of rotatable bonds is 7. The van der Waals surface area contributed by atoms with Gasteiger partial charge in [-0.15, -0.1) is 0 Å². The van der Waals surface area contributed by atoms with Gasteiger partial charge in [0, 0.05) is 38.9 Å². The molecule has 9 nitrogen and oxygen atoms in total. The molecule has 0 aromatic heterocycles. The van der Waals surface area contributed by atoms with E-state index in [1.807, 2.05) is 0 Å². The summed E-state index contributed by atoms with van der Waals surface area (Å²) in [4.78, 5) is 0.00580. The third kappa shape index (κ3) is 5.02. The summed E-state index contributed by atoms with van der Waals surface area (Å²) in [6, 6.07) is 4.57. The maximum atomic E-state index is 13.1. The van der Waals surface area contributed by atoms with Crippen molar-refractivity contribution in [3.05, 3.63) is 18.2 Å². The smallest absolute Gasteiger partial charge is 0.246 e. The van der Waals surface area contributed by atoms with Crippen LogP contribution in [0, 0.1) is 0 Å². The van der Waals surface area contributed by atoms with Gasteiger partial charge in [0.05, 0.1) is 26.1 Å². The molecule has 2 aliphatic rings. The Balaban J connectivity index is 1.69. The molecule has 1 unspecified atom stereocenters. The number of methoxy groups -OCH3 is 2. The summed E-state index contributed by atoms with van der Waals surface area (Å²) < 4.78 is 70.2. The van der Waals surface area contributed by atoms with E-state index < -0.39 is 20.0 Å². The van der Waals surface area contributed by atoms with Crippen LogP contribution in [0.25, 0.3) is 0 Å². The Labute approximate surface area is 172 Å². The molecule has 0 bridgehead atoms. The first kappa shape index (κ1) is 22.3. The Morgan fingerprint density at radius 3 is 2.28 bits per heavy atom. The standard InChI is InChI=1S/C18H28N2O7S2/c1-25-15-6-7-17(26-2)18(13-15)29(23,24)20-10-8-19(9-11-20)28(21,22)14-16-5-3-4-12-27-16/h6-7,13,16H,3-5,8-12,14H2,1-2H3. The van der Waals surface area contributed by atoms with E-state index in [1.54, 1.807) is 6.07 Å². The van der Waals surface area contributed by atoms with Gasteiger partial charge in [0.25, 0.3) is 0 Å². The van der Waals surface area contributed by atoms with Crippen LogP contribution in [0.4, 0.5) is 0 Å². The molecule has 0 amide bonds. The minimum absolute atomic E-state index is 0.00580. The largest absolute Gasteiger partial charge is 0.497 e. The lowest BCUT2D eigenvalue weighted by molar-refractivity contribution is 0.0297. The molecule has 1 aromatic rings. The quantitative estimate of drug-likeness (QED) is 0.611. The Morgan fingerprint density at radius 1 is 1.00 bits per heavy atom. The van der Waals surface area contributed by atoms with E-state index in [4.69, 9.17) is 14.2 Å². The van der Waals surface area contributed by atoms with Crippen molar-refractivity contribution in [1.82, 2.24) is 8.61 Å². The molecule has 2 aliphatic heterocycles. The number of ether oxygens (including phenoxy) is 3. The van der Waals surface area contributed by atoms with E-state index in [0.29, 0.717) is 12.4 Å². The van der Waals surface area contributed by atoms with Gasteiger partial charge in [0.15, 0.2) is 0 Å². The highest BCUT2D eigenvalue weighted by molar-refractivity contribution is 7.89. The Bertz CT molecular complexity index is 904. The monoisotopic (exact) mass is 448 g/mol. The van der Waals surface area contributed by atoms with Gasteiger partial charge >= 0.3 is 0 Å². The van der Waals surface area contributed by atoms with Crippen LogP contribution < -0.4 is 9.47 Å². The molecule has 11 heteroatoms. The van der Waals surface area contributed by atoms with E-state index in [0.717, 1.165) is 19.3 Å². The van der Waals surface area contributed by atoms with Crippen LogP contribution in [-0.4, -0.2) is 84.3 Å². The van der Waals surface area contributed by atoms with Crippen LogP contribution in [0.3, 0.4) is 0 Å². The summed E-state index contributed by atoms with van der Waals surface area (Å²) in [6.45, 7) is 0.969. The molecular weight excluding hydrogens is 420 g/mol. The fraction of sp³-hybridized carbons (Fsp3) is 0.667. The Morgan fingerprint density at radius 2 is 1.69 bits per heavy atom. The van der Waals surface area contributed by atoms with Crippen molar-refractivity contribution in [2.24, 2.45) is 0 Å². The van der Waals surface area contributed by atoms with Crippen molar-refractivity contribution in [3.63, 3.8) is 0 Å². The summed E-state index contributed by atoms with van der Waals surface area (Å²) >= 11 is 0. The van der Waals surface area contributed by atoms with Crippen molar-refractivity contribution in [3.8, 4) is 11.5 Å². The highest BCUT2D eigenvalue weighted by atomic mass is 32.2. The van der Waals surface area contributed by atoms with Crippen molar-refractivity contribution >= 4 is 20.0 Å². The lowest BCUT2D eigenvalue weighted by Gasteiger charge is -2.34. The van der Waals surface area contributed by atoms with Gasteiger partial charge < -0.3 is 14.2 Å². The second-order valence-electron chi connectivity index (χ2n) is 7.09. The van der Waals surface area contributed by atoms with Crippen LogP contribution >= 0.6 is 0 Å². The summed E-state index contributed by atoms with van der Waals surface area (Å²) in [7, 11) is -4.49. The number of hydrogen-bond donors (Lipinski definition) is 0. The highest BCUT2D eigenvalue weighted by Gasteiger charge is 2.35. The molecule has 0 saturated carbocycles. The molecule has 0 aliphatic carbocycles. The number of piperazine rings is 1. The maximum absolute atomic E-state index is 13.1. The molecule has 2 saturated heterocycles. The zero-order valence-corrected chi connectivity index (χ0v) is 18.4. The fourth-order valence-electron chi connectivity index (χ4n) is 3.59. The molecule has 164 valence electrons. The lowest BCUT2D eigenvalue weighted by atomic mass is 10.1. The van der Waals surface area contributed by atoms with Gasteiger partial charge in [-0.25, -0.2) is 16.8 Å². The zero-order chi connectivity index (χ0) is 21.1. The molecule has 0 radical (unpaired) electrons. The number of hydrogen-bond acceptors (Lipinski definition) is 7. The molecule has 2 heterocycles.